The van der Waals surface area contributed by atoms with Crippen LogP contribution in [0.1, 0.15) is 25.8 Å². The van der Waals surface area contributed by atoms with Gasteiger partial charge >= 0.3 is 0 Å². The molecule has 1 atom stereocenters. The van der Waals surface area contributed by atoms with Gasteiger partial charge in [0, 0.05) is 16.1 Å². The number of carbonyl (C=O) groups is 2. The number of nitrogens with zero attached hydrogens (tertiary/aromatic N) is 1. The van der Waals surface area contributed by atoms with E-state index in [1.807, 2.05) is 13.8 Å². The van der Waals surface area contributed by atoms with E-state index in [0.717, 1.165) is 11.8 Å². The van der Waals surface area contributed by atoms with E-state index in [2.05, 4.69) is 15.9 Å². The van der Waals surface area contributed by atoms with E-state index in [1.54, 1.807) is 12.1 Å². The van der Waals surface area contributed by atoms with Crippen LogP contribution < -0.4 is 0 Å². The molecule has 1 fully saturated rings. The average Bonchev–Trinajstić information content (AvgIpc) is 2.69. The van der Waals surface area contributed by atoms with Gasteiger partial charge < -0.3 is 5.11 Å². The molecule has 1 aliphatic heterocycles. The highest BCUT2D eigenvalue weighted by atomic mass is 79.9. The number of halogens is 2. The summed E-state index contributed by atoms with van der Waals surface area (Å²) in [6.07, 6.45) is 2.18. The van der Waals surface area contributed by atoms with Crippen LogP contribution in [0.25, 0.3) is 6.08 Å². The van der Waals surface area contributed by atoms with Crippen molar-refractivity contribution in [2.24, 2.45) is 0 Å². The number of imide groups is 1. The highest BCUT2D eigenvalue weighted by Crippen LogP contribution is 2.38. The molecule has 0 aliphatic carbocycles. The van der Waals surface area contributed by atoms with Gasteiger partial charge in [-0.15, -0.1) is 0 Å². The zero-order valence-electron chi connectivity index (χ0n) is 11.4. The average molecular weight is 391 g/mol. The van der Waals surface area contributed by atoms with E-state index in [0.29, 0.717) is 16.5 Å². The molecule has 1 N–H and O–H groups in total. The highest BCUT2D eigenvalue weighted by Gasteiger charge is 2.37. The van der Waals surface area contributed by atoms with Gasteiger partial charge in [-0.25, -0.2) is 0 Å². The fourth-order valence-electron chi connectivity index (χ4n) is 1.88. The molecule has 1 aromatic carbocycles. The van der Waals surface area contributed by atoms with Gasteiger partial charge in [-0.3, -0.25) is 14.5 Å². The molecule has 1 heterocycles. The van der Waals surface area contributed by atoms with Crippen molar-refractivity contribution in [2.45, 2.75) is 26.3 Å². The number of rotatable bonds is 3. The van der Waals surface area contributed by atoms with E-state index in [4.69, 9.17) is 11.6 Å². The smallest absolute Gasteiger partial charge is 0.293 e. The van der Waals surface area contributed by atoms with Crippen molar-refractivity contribution >= 4 is 56.5 Å². The summed E-state index contributed by atoms with van der Waals surface area (Å²) in [6, 6.07) is 3.04. The van der Waals surface area contributed by atoms with E-state index in [9.17, 15) is 14.7 Å². The Morgan fingerprint density at radius 2 is 2.14 bits per heavy atom. The number of hydrogen-bond acceptors (Lipinski definition) is 4. The minimum absolute atomic E-state index is 0.116. The first-order valence-corrected chi connectivity index (χ1v) is 8.29. The summed E-state index contributed by atoms with van der Waals surface area (Å²) in [5, 5.41) is 9.83. The van der Waals surface area contributed by atoms with Crippen molar-refractivity contribution in [3.8, 4) is 5.75 Å². The Kier molecular flexibility index (Phi) is 5.01. The van der Waals surface area contributed by atoms with Crippen LogP contribution >= 0.6 is 39.3 Å². The molecule has 0 saturated carbocycles. The van der Waals surface area contributed by atoms with Crippen molar-refractivity contribution in [3.63, 3.8) is 0 Å². The van der Waals surface area contributed by atoms with Gasteiger partial charge in [-0.1, -0.05) is 34.5 Å². The molecule has 4 nitrogen and oxygen atoms in total. The third-order valence-corrected chi connectivity index (χ3v) is 4.83. The highest BCUT2D eigenvalue weighted by molar-refractivity contribution is 9.10. The minimum atomic E-state index is -0.338. The molecule has 0 unspecified atom stereocenters. The number of benzene rings is 1. The molecule has 0 aromatic heterocycles. The summed E-state index contributed by atoms with van der Waals surface area (Å²) >= 11 is 10.0. The Labute approximate surface area is 140 Å². The number of phenolic OH excluding ortho intramolecular Hbond substituents is 1. The van der Waals surface area contributed by atoms with Crippen LogP contribution in [0.4, 0.5) is 4.79 Å². The Hall–Kier alpha value is -0.980. The lowest BCUT2D eigenvalue weighted by Gasteiger charge is -2.19. The number of carbonyl (C=O) groups excluding carboxylic acids is 2. The molecule has 1 saturated heterocycles. The molecule has 7 heteroatoms. The predicted molar refractivity (Wildman–Crippen MR) is 88.4 cm³/mol. The van der Waals surface area contributed by atoms with Crippen molar-refractivity contribution in [2.75, 3.05) is 0 Å². The summed E-state index contributed by atoms with van der Waals surface area (Å²) in [5.41, 5.74) is 0.393. The lowest BCUT2D eigenvalue weighted by atomic mass is 10.1. The number of amides is 2. The second-order valence-electron chi connectivity index (χ2n) is 4.63. The molecule has 112 valence electrons. The zero-order chi connectivity index (χ0) is 15.7. The van der Waals surface area contributed by atoms with Crippen LogP contribution in [0.15, 0.2) is 21.5 Å². The Balaban J connectivity index is 2.40. The number of thioether (sulfide) groups is 1. The Morgan fingerprint density at radius 1 is 1.48 bits per heavy atom. The van der Waals surface area contributed by atoms with Crippen LogP contribution in [-0.2, 0) is 4.79 Å². The first-order chi connectivity index (χ1) is 9.85. The first-order valence-electron chi connectivity index (χ1n) is 6.30. The van der Waals surface area contributed by atoms with Gasteiger partial charge in [0.2, 0.25) is 0 Å². The monoisotopic (exact) mass is 389 g/mol. The summed E-state index contributed by atoms with van der Waals surface area (Å²) in [4.78, 5) is 25.8. The maximum atomic E-state index is 12.3. The van der Waals surface area contributed by atoms with E-state index >= 15 is 0 Å². The van der Waals surface area contributed by atoms with Crippen molar-refractivity contribution < 1.29 is 14.7 Å². The van der Waals surface area contributed by atoms with Crippen LogP contribution in [0.5, 0.6) is 5.75 Å². The third kappa shape index (κ3) is 3.27. The molecule has 21 heavy (non-hydrogen) atoms. The van der Waals surface area contributed by atoms with Crippen LogP contribution in [0.2, 0.25) is 5.02 Å². The lowest BCUT2D eigenvalue weighted by molar-refractivity contribution is -0.124. The quantitative estimate of drug-likeness (QED) is 0.764. The first kappa shape index (κ1) is 16.4. The number of aromatic hydroxyl groups is 1. The Morgan fingerprint density at radius 3 is 2.76 bits per heavy atom. The maximum Gasteiger partial charge on any atom is 0.293 e. The van der Waals surface area contributed by atoms with Gasteiger partial charge in [0.25, 0.3) is 11.1 Å². The fraction of sp³-hybridized carbons (Fsp3) is 0.286. The molecule has 1 aliphatic rings. The number of hydrogen-bond donors (Lipinski definition) is 1. The summed E-state index contributed by atoms with van der Waals surface area (Å²) in [6.45, 7) is 3.74. The SMILES string of the molecule is CC[C@H](C)N1C(=O)S/C(=C\c2cc(Br)cc(Cl)c2O)C1=O. The van der Waals surface area contributed by atoms with E-state index < -0.39 is 0 Å². The van der Waals surface area contributed by atoms with Crippen molar-refractivity contribution in [1.29, 1.82) is 0 Å². The molecule has 1 aromatic rings. The van der Waals surface area contributed by atoms with Crippen LogP contribution in [0, 0.1) is 0 Å². The predicted octanol–water partition coefficient (Wildman–Crippen LogP) is 4.64. The molecule has 2 rings (SSSR count). The molecular weight excluding hydrogens is 378 g/mol. The summed E-state index contributed by atoms with van der Waals surface area (Å²) in [5.74, 6) is -0.454. The topological polar surface area (TPSA) is 57.6 Å². The number of phenols is 1. The largest absolute Gasteiger partial charge is 0.506 e. The normalized spacial score (nSPS) is 18.7. The molecule has 0 spiro atoms. The Bertz CT molecular complexity index is 647. The lowest BCUT2D eigenvalue weighted by Crippen LogP contribution is -2.36. The van der Waals surface area contributed by atoms with Gasteiger partial charge in [0.15, 0.2) is 0 Å². The molecule has 2 amide bonds. The van der Waals surface area contributed by atoms with Gasteiger partial charge in [-0.2, -0.15) is 0 Å². The van der Waals surface area contributed by atoms with E-state index in [-0.39, 0.29) is 32.9 Å². The zero-order valence-corrected chi connectivity index (χ0v) is 14.6. The molecular formula is C14H13BrClNO3S. The van der Waals surface area contributed by atoms with Crippen molar-refractivity contribution in [3.05, 3.63) is 32.1 Å². The molecule has 0 radical (unpaired) electrons. The standard InChI is InChI=1S/C14H13BrClNO3S/c1-3-7(2)17-13(19)11(21-14(17)20)5-8-4-9(15)6-10(16)12(8)18/h4-7,18H,3H2,1-2H3/b11-5-/t7-/m0/s1. The van der Waals surface area contributed by atoms with Gasteiger partial charge in [0.1, 0.15) is 5.75 Å². The van der Waals surface area contributed by atoms with Crippen LogP contribution in [0.3, 0.4) is 0 Å². The maximum absolute atomic E-state index is 12.3. The van der Waals surface area contributed by atoms with Crippen LogP contribution in [-0.4, -0.2) is 27.2 Å². The van der Waals surface area contributed by atoms with Gasteiger partial charge in [0.05, 0.1) is 9.93 Å². The summed E-state index contributed by atoms with van der Waals surface area (Å²) < 4.78 is 0.678. The van der Waals surface area contributed by atoms with Crippen molar-refractivity contribution in [1.82, 2.24) is 4.90 Å². The second kappa shape index (κ2) is 6.42. The molecule has 0 bridgehead atoms. The second-order valence-corrected chi connectivity index (χ2v) is 6.95. The minimum Gasteiger partial charge on any atom is -0.506 e. The third-order valence-electron chi connectivity index (χ3n) is 3.20. The fourth-order valence-corrected chi connectivity index (χ4v) is 3.63. The summed E-state index contributed by atoms with van der Waals surface area (Å²) in [7, 11) is 0. The van der Waals surface area contributed by atoms with Gasteiger partial charge in [-0.05, 0) is 43.3 Å². The van der Waals surface area contributed by atoms with E-state index in [1.165, 1.54) is 11.0 Å².